The quantitative estimate of drug-likeness (QED) is 0.208. The highest BCUT2D eigenvalue weighted by atomic mass is 16.5. The van der Waals surface area contributed by atoms with Crippen molar-refractivity contribution in [2.45, 2.75) is 46.7 Å². The van der Waals surface area contributed by atoms with Crippen LogP contribution in [-0.2, 0) is 17.9 Å². The summed E-state index contributed by atoms with van der Waals surface area (Å²) in [5, 5.41) is 2.96. The van der Waals surface area contributed by atoms with E-state index in [-0.39, 0.29) is 12.5 Å². The number of aryl methyl sites for hydroxylation is 3. The number of nitrogens with one attached hydrogen (secondary N) is 1. The second kappa shape index (κ2) is 13.5. The van der Waals surface area contributed by atoms with Crippen molar-refractivity contribution in [1.29, 1.82) is 0 Å². The molecule has 0 saturated heterocycles. The zero-order valence-electron chi connectivity index (χ0n) is 23.2. The van der Waals surface area contributed by atoms with E-state index in [2.05, 4.69) is 16.0 Å². The van der Waals surface area contributed by atoms with Crippen molar-refractivity contribution in [3.63, 3.8) is 0 Å². The Morgan fingerprint density at radius 3 is 2.64 bits per heavy atom. The van der Waals surface area contributed by atoms with Gasteiger partial charge in [-0.2, -0.15) is 0 Å². The van der Waals surface area contributed by atoms with Crippen molar-refractivity contribution in [1.82, 2.24) is 14.9 Å². The summed E-state index contributed by atoms with van der Waals surface area (Å²) in [5.74, 6) is 2.83. The highest BCUT2D eigenvalue weighted by Crippen LogP contribution is 2.29. The first-order chi connectivity index (χ1) is 19.0. The van der Waals surface area contributed by atoms with E-state index >= 15 is 0 Å². The van der Waals surface area contributed by atoms with Crippen molar-refractivity contribution < 1.29 is 19.0 Å². The molecule has 204 valence electrons. The Balaban J connectivity index is 1.32. The van der Waals surface area contributed by atoms with Gasteiger partial charge in [0.15, 0.2) is 18.1 Å². The average molecular weight is 528 g/mol. The maximum absolute atomic E-state index is 12.6. The molecule has 1 N–H and O–H groups in total. The number of imidazole rings is 1. The van der Waals surface area contributed by atoms with E-state index < -0.39 is 0 Å². The molecule has 1 heterocycles. The summed E-state index contributed by atoms with van der Waals surface area (Å²) in [7, 11) is 1.65. The number of carbonyl (C=O) groups excluding carboxylic acids is 1. The van der Waals surface area contributed by atoms with Crippen molar-refractivity contribution >= 4 is 23.0 Å². The van der Waals surface area contributed by atoms with Crippen LogP contribution in [0.4, 0.5) is 0 Å². The molecule has 0 fully saturated rings. The number of allylic oxidation sites excluding steroid dienone is 1. The van der Waals surface area contributed by atoms with E-state index in [0.29, 0.717) is 13.2 Å². The van der Waals surface area contributed by atoms with Gasteiger partial charge in [-0.05, 0) is 80.6 Å². The molecule has 39 heavy (non-hydrogen) atoms. The molecule has 0 spiro atoms. The van der Waals surface area contributed by atoms with Crippen LogP contribution in [0.2, 0.25) is 0 Å². The number of ether oxygens (including phenoxy) is 3. The van der Waals surface area contributed by atoms with Crippen molar-refractivity contribution in [2.24, 2.45) is 0 Å². The van der Waals surface area contributed by atoms with Crippen LogP contribution in [0, 0.1) is 13.8 Å². The number of amides is 1. The van der Waals surface area contributed by atoms with Crippen LogP contribution in [0.3, 0.4) is 0 Å². The summed E-state index contributed by atoms with van der Waals surface area (Å²) in [6, 6.07) is 19.9. The number of fused-ring (bicyclic) bond motifs is 1. The van der Waals surface area contributed by atoms with Crippen LogP contribution < -0.4 is 19.5 Å². The van der Waals surface area contributed by atoms with Crippen LogP contribution >= 0.6 is 0 Å². The van der Waals surface area contributed by atoms with Crippen LogP contribution in [0.1, 0.15) is 42.3 Å². The zero-order valence-corrected chi connectivity index (χ0v) is 23.2. The number of unbranched alkanes of at least 4 members (excludes halogenated alkanes) is 1. The first kappa shape index (κ1) is 27.8. The SMILES string of the molecule is C/C=C/c1ccc(OCCCCn2c(CNC(=O)COc3cc(C)ccc3C)nc3ccccc32)c(OC)c1. The van der Waals surface area contributed by atoms with Gasteiger partial charge in [-0.25, -0.2) is 4.98 Å². The molecule has 0 radical (unpaired) electrons. The maximum atomic E-state index is 12.6. The van der Waals surface area contributed by atoms with E-state index in [1.54, 1.807) is 7.11 Å². The Morgan fingerprint density at radius 1 is 0.974 bits per heavy atom. The monoisotopic (exact) mass is 527 g/mol. The third-order valence-electron chi connectivity index (χ3n) is 6.46. The molecule has 4 rings (SSSR count). The number of para-hydroxylation sites is 2. The van der Waals surface area contributed by atoms with Gasteiger partial charge >= 0.3 is 0 Å². The highest BCUT2D eigenvalue weighted by molar-refractivity contribution is 5.78. The van der Waals surface area contributed by atoms with Crippen LogP contribution in [-0.4, -0.2) is 35.8 Å². The number of benzene rings is 3. The summed E-state index contributed by atoms with van der Waals surface area (Å²) in [4.78, 5) is 17.3. The number of carbonyl (C=O) groups is 1. The molecule has 1 amide bonds. The second-order valence-electron chi connectivity index (χ2n) is 9.47. The van der Waals surface area contributed by atoms with Crippen molar-refractivity contribution in [3.8, 4) is 17.2 Å². The largest absolute Gasteiger partial charge is 0.493 e. The number of hydrogen-bond donors (Lipinski definition) is 1. The summed E-state index contributed by atoms with van der Waals surface area (Å²) >= 11 is 0. The lowest BCUT2D eigenvalue weighted by Gasteiger charge is -2.13. The van der Waals surface area contributed by atoms with Crippen LogP contribution in [0.15, 0.2) is 66.7 Å². The van der Waals surface area contributed by atoms with Crippen LogP contribution in [0.5, 0.6) is 17.2 Å². The zero-order chi connectivity index (χ0) is 27.6. The van der Waals surface area contributed by atoms with Gasteiger partial charge in [0.05, 0.1) is 31.3 Å². The van der Waals surface area contributed by atoms with Crippen LogP contribution in [0.25, 0.3) is 17.1 Å². The fraction of sp³-hybridized carbons (Fsp3) is 0.312. The molecule has 7 heteroatoms. The molecule has 0 aliphatic carbocycles. The Hall–Kier alpha value is -4.26. The average Bonchev–Trinajstić information content (AvgIpc) is 3.30. The summed E-state index contributed by atoms with van der Waals surface area (Å²) in [5.41, 5.74) is 5.14. The third kappa shape index (κ3) is 7.41. The van der Waals surface area contributed by atoms with Gasteiger partial charge in [0.25, 0.3) is 5.91 Å². The molecule has 3 aromatic carbocycles. The Labute approximate surface area is 230 Å². The molecule has 0 aliphatic rings. The fourth-order valence-electron chi connectivity index (χ4n) is 4.40. The lowest BCUT2D eigenvalue weighted by atomic mass is 10.1. The Morgan fingerprint density at radius 2 is 1.82 bits per heavy atom. The lowest BCUT2D eigenvalue weighted by Crippen LogP contribution is -2.29. The van der Waals surface area contributed by atoms with E-state index in [1.165, 1.54) is 0 Å². The molecule has 1 aromatic heterocycles. The number of nitrogens with zero attached hydrogens (tertiary/aromatic N) is 2. The van der Waals surface area contributed by atoms with Crippen molar-refractivity contribution in [2.75, 3.05) is 20.3 Å². The van der Waals surface area contributed by atoms with Gasteiger partial charge < -0.3 is 24.1 Å². The van der Waals surface area contributed by atoms with Gasteiger partial charge in [-0.3, -0.25) is 4.79 Å². The molecule has 0 bridgehead atoms. The molecule has 0 aliphatic heterocycles. The number of aromatic nitrogens is 2. The minimum Gasteiger partial charge on any atom is -0.493 e. The molecule has 0 saturated carbocycles. The fourth-order valence-corrected chi connectivity index (χ4v) is 4.40. The highest BCUT2D eigenvalue weighted by Gasteiger charge is 2.13. The van der Waals surface area contributed by atoms with Gasteiger partial charge in [0.1, 0.15) is 11.6 Å². The van der Waals surface area contributed by atoms with Crippen molar-refractivity contribution in [3.05, 3.63) is 89.3 Å². The summed E-state index contributed by atoms with van der Waals surface area (Å²) < 4.78 is 19.4. The van der Waals surface area contributed by atoms with Gasteiger partial charge in [0.2, 0.25) is 0 Å². The molecule has 0 atom stereocenters. The minimum atomic E-state index is -0.183. The summed E-state index contributed by atoms with van der Waals surface area (Å²) in [6.07, 6.45) is 5.78. The Kier molecular flexibility index (Phi) is 9.62. The first-order valence-corrected chi connectivity index (χ1v) is 13.3. The van der Waals surface area contributed by atoms with Gasteiger partial charge in [0, 0.05) is 6.54 Å². The molecular weight excluding hydrogens is 490 g/mol. The molecule has 4 aromatic rings. The van der Waals surface area contributed by atoms with E-state index in [4.69, 9.17) is 19.2 Å². The lowest BCUT2D eigenvalue weighted by molar-refractivity contribution is -0.123. The first-order valence-electron chi connectivity index (χ1n) is 13.3. The summed E-state index contributed by atoms with van der Waals surface area (Å²) in [6.45, 7) is 7.59. The van der Waals surface area contributed by atoms with Gasteiger partial charge in [-0.1, -0.05) is 42.5 Å². The number of rotatable bonds is 13. The maximum Gasteiger partial charge on any atom is 0.258 e. The molecule has 0 unspecified atom stereocenters. The normalized spacial score (nSPS) is 11.2. The number of methoxy groups -OCH3 is 1. The standard InChI is InChI=1S/C32H37N3O4/c1-5-10-25-15-16-28(30(20-25)37-4)38-18-9-8-17-35-27-12-7-6-11-26(27)34-31(35)21-33-32(36)22-39-29-19-23(2)13-14-24(29)3/h5-7,10-16,19-20H,8-9,17-18,21-22H2,1-4H3,(H,33,36)/b10-5+. The minimum absolute atomic E-state index is 0.0406. The second-order valence-corrected chi connectivity index (χ2v) is 9.47. The third-order valence-corrected chi connectivity index (χ3v) is 6.46. The topological polar surface area (TPSA) is 74.6 Å². The van der Waals surface area contributed by atoms with E-state index in [1.807, 2.05) is 87.5 Å². The predicted molar refractivity (Wildman–Crippen MR) is 155 cm³/mol. The van der Waals surface area contributed by atoms with E-state index in [0.717, 1.165) is 70.2 Å². The van der Waals surface area contributed by atoms with Gasteiger partial charge in [-0.15, -0.1) is 0 Å². The molecule has 7 nitrogen and oxygen atoms in total. The number of hydrogen-bond acceptors (Lipinski definition) is 5. The smallest absolute Gasteiger partial charge is 0.258 e. The molecular formula is C32H37N3O4. The predicted octanol–water partition coefficient (Wildman–Crippen LogP) is 6.25. The van der Waals surface area contributed by atoms with E-state index in [9.17, 15) is 4.79 Å². The Bertz CT molecular complexity index is 1440.